The van der Waals surface area contributed by atoms with Crippen molar-refractivity contribution in [1.29, 1.82) is 0 Å². The molecule has 2 heterocycles. The van der Waals surface area contributed by atoms with E-state index in [0.717, 1.165) is 10.8 Å². The molecule has 0 aliphatic carbocycles. The van der Waals surface area contributed by atoms with Gasteiger partial charge in [0.1, 0.15) is 17.5 Å². The lowest BCUT2D eigenvalue weighted by Gasteiger charge is -2.22. The second-order valence-electron chi connectivity index (χ2n) is 4.72. The van der Waals surface area contributed by atoms with Gasteiger partial charge in [-0.1, -0.05) is 18.2 Å². The monoisotopic (exact) mass is 326 g/mol. The lowest BCUT2D eigenvalue weighted by molar-refractivity contribution is -0.145. The third-order valence-corrected chi connectivity index (χ3v) is 3.21. The highest BCUT2D eigenvalue weighted by Gasteiger charge is 2.39. The van der Waals surface area contributed by atoms with Crippen LogP contribution in [0.1, 0.15) is 17.4 Å². The fourth-order valence-corrected chi connectivity index (χ4v) is 2.20. The summed E-state index contributed by atoms with van der Waals surface area (Å²) < 4.78 is 39.2. The molecule has 3 rings (SSSR count). The van der Waals surface area contributed by atoms with E-state index in [2.05, 4.69) is 15.4 Å². The predicted molar refractivity (Wildman–Crippen MR) is 70.6 cm³/mol. The van der Waals surface area contributed by atoms with E-state index in [1.54, 1.807) is 6.07 Å². The van der Waals surface area contributed by atoms with Crippen LogP contribution < -0.4 is 5.32 Å². The van der Waals surface area contributed by atoms with Crippen molar-refractivity contribution in [1.82, 2.24) is 14.8 Å². The van der Waals surface area contributed by atoms with Crippen LogP contribution in [-0.4, -0.2) is 30.9 Å². The van der Waals surface area contributed by atoms with Gasteiger partial charge in [0.2, 0.25) is 5.95 Å². The standard InChI is InChI=1S/C13H9F3N4O3/c14-13(15,16)11-18-12-17-7(10(22)23)5-8(20(12)19-11)6-3-1-2-4-9(6)21/h1-5,8,21H,(H,22,23)(H,17,18,19)/t8-/m0/s1. The third kappa shape index (κ3) is 2.58. The Morgan fingerprint density at radius 2 is 2.00 bits per heavy atom. The zero-order valence-corrected chi connectivity index (χ0v) is 11.2. The second-order valence-corrected chi connectivity index (χ2v) is 4.72. The highest BCUT2D eigenvalue weighted by atomic mass is 19.4. The minimum absolute atomic E-state index is 0.199. The number of nitrogens with one attached hydrogen (secondary N) is 1. The Morgan fingerprint density at radius 3 is 2.61 bits per heavy atom. The summed E-state index contributed by atoms with van der Waals surface area (Å²) in [5.41, 5.74) is -0.153. The molecule has 1 aliphatic heterocycles. The summed E-state index contributed by atoms with van der Waals surface area (Å²) in [7, 11) is 0. The van der Waals surface area contributed by atoms with Crippen molar-refractivity contribution in [3.05, 3.63) is 47.4 Å². The average Bonchev–Trinajstić information content (AvgIpc) is 2.91. The van der Waals surface area contributed by atoms with Crippen molar-refractivity contribution in [2.75, 3.05) is 5.32 Å². The number of benzene rings is 1. The van der Waals surface area contributed by atoms with E-state index in [1.807, 2.05) is 0 Å². The lowest BCUT2D eigenvalue weighted by Crippen LogP contribution is -2.24. The number of hydrogen-bond acceptors (Lipinski definition) is 5. The van der Waals surface area contributed by atoms with E-state index in [0.29, 0.717) is 0 Å². The molecule has 23 heavy (non-hydrogen) atoms. The summed E-state index contributed by atoms with van der Waals surface area (Å²) in [5, 5.41) is 24.7. The minimum atomic E-state index is -4.78. The Morgan fingerprint density at radius 1 is 1.30 bits per heavy atom. The quantitative estimate of drug-likeness (QED) is 0.780. The van der Waals surface area contributed by atoms with Crippen molar-refractivity contribution in [2.45, 2.75) is 12.2 Å². The number of alkyl halides is 3. The molecule has 1 atom stereocenters. The number of carboxylic acid groups (broad SMARTS) is 1. The van der Waals surface area contributed by atoms with Crippen LogP contribution in [0.25, 0.3) is 0 Å². The Balaban J connectivity index is 2.17. The Labute approximate surface area is 126 Å². The van der Waals surface area contributed by atoms with Crippen LogP contribution >= 0.6 is 0 Å². The number of aromatic nitrogens is 3. The lowest BCUT2D eigenvalue weighted by atomic mass is 10.0. The van der Waals surface area contributed by atoms with Gasteiger partial charge < -0.3 is 15.5 Å². The largest absolute Gasteiger partial charge is 0.508 e. The molecule has 1 aromatic heterocycles. The third-order valence-electron chi connectivity index (χ3n) is 3.21. The minimum Gasteiger partial charge on any atom is -0.508 e. The van der Waals surface area contributed by atoms with E-state index < -0.39 is 24.0 Å². The van der Waals surface area contributed by atoms with Gasteiger partial charge in [0.25, 0.3) is 5.82 Å². The molecule has 0 fully saturated rings. The molecule has 0 saturated heterocycles. The van der Waals surface area contributed by atoms with Crippen LogP contribution in [0.3, 0.4) is 0 Å². The number of para-hydroxylation sites is 1. The van der Waals surface area contributed by atoms with E-state index in [-0.39, 0.29) is 23.0 Å². The summed E-state index contributed by atoms with van der Waals surface area (Å²) in [6.07, 6.45) is -3.63. The number of fused-ring (bicyclic) bond motifs is 1. The fourth-order valence-electron chi connectivity index (χ4n) is 2.20. The molecule has 0 spiro atoms. The molecular formula is C13H9F3N4O3. The number of hydrogen-bond donors (Lipinski definition) is 3. The Kier molecular flexibility index (Phi) is 3.24. The SMILES string of the molecule is O=C(O)C1=C[C@@H](c2ccccc2O)n2nc(C(F)(F)F)nc2N1. The van der Waals surface area contributed by atoms with Gasteiger partial charge in [-0.3, -0.25) is 0 Å². The number of phenols is 1. The first-order chi connectivity index (χ1) is 10.8. The molecule has 0 unspecified atom stereocenters. The number of rotatable bonds is 2. The van der Waals surface area contributed by atoms with E-state index >= 15 is 0 Å². The number of aromatic hydroxyl groups is 1. The second kappa shape index (κ2) is 5.00. The van der Waals surface area contributed by atoms with Crippen LogP contribution in [0.5, 0.6) is 5.75 Å². The summed E-state index contributed by atoms with van der Waals surface area (Å²) in [4.78, 5) is 14.4. The van der Waals surface area contributed by atoms with Crippen LogP contribution in [0.15, 0.2) is 36.0 Å². The van der Waals surface area contributed by atoms with Gasteiger partial charge in [0.15, 0.2) is 0 Å². The van der Waals surface area contributed by atoms with E-state index in [9.17, 15) is 23.1 Å². The zero-order valence-electron chi connectivity index (χ0n) is 11.2. The van der Waals surface area contributed by atoms with Crippen molar-refractivity contribution in [3.8, 4) is 5.75 Å². The first-order valence-corrected chi connectivity index (χ1v) is 6.31. The topological polar surface area (TPSA) is 100 Å². The van der Waals surface area contributed by atoms with Gasteiger partial charge in [0, 0.05) is 5.56 Å². The molecule has 1 aromatic carbocycles. The summed E-state index contributed by atoms with van der Waals surface area (Å²) >= 11 is 0. The molecular weight excluding hydrogens is 317 g/mol. The van der Waals surface area contributed by atoms with Gasteiger partial charge in [0.05, 0.1) is 0 Å². The van der Waals surface area contributed by atoms with Gasteiger partial charge in [-0.15, -0.1) is 5.10 Å². The number of allylic oxidation sites excluding steroid dienone is 1. The Bertz CT molecular complexity index is 813. The number of nitrogens with zero attached hydrogens (tertiary/aromatic N) is 3. The number of halogens is 3. The molecule has 2 aromatic rings. The zero-order chi connectivity index (χ0) is 16.8. The van der Waals surface area contributed by atoms with Gasteiger partial charge in [-0.05, 0) is 12.1 Å². The van der Waals surface area contributed by atoms with E-state index in [1.165, 1.54) is 18.2 Å². The average molecular weight is 326 g/mol. The van der Waals surface area contributed by atoms with Gasteiger partial charge in [-0.25, -0.2) is 9.48 Å². The molecule has 0 radical (unpaired) electrons. The fraction of sp³-hybridized carbons (Fsp3) is 0.154. The van der Waals surface area contributed by atoms with Crippen LogP contribution in [0.2, 0.25) is 0 Å². The van der Waals surface area contributed by atoms with Gasteiger partial charge >= 0.3 is 12.1 Å². The summed E-state index contributed by atoms with van der Waals surface area (Å²) in [6, 6.07) is 4.85. The van der Waals surface area contributed by atoms with Crippen LogP contribution in [0, 0.1) is 0 Å². The van der Waals surface area contributed by atoms with Crippen molar-refractivity contribution < 1.29 is 28.2 Å². The van der Waals surface area contributed by atoms with Crippen molar-refractivity contribution in [3.63, 3.8) is 0 Å². The molecule has 0 saturated carbocycles. The number of carboxylic acids is 1. The summed E-state index contributed by atoms with van der Waals surface area (Å²) in [5.74, 6) is -3.34. The maximum atomic E-state index is 12.8. The number of phenolic OH excluding ortho intramolecular Hbond substituents is 1. The Hall–Kier alpha value is -3.04. The molecule has 1 aliphatic rings. The molecule has 10 heteroatoms. The maximum Gasteiger partial charge on any atom is 0.453 e. The number of anilines is 1. The predicted octanol–water partition coefficient (Wildman–Crippen LogP) is 1.99. The molecule has 7 nitrogen and oxygen atoms in total. The summed E-state index contributed by atoms with van der Waals surface area (Å²) in [6.45, 7) is 0. The van der Waals surface area contributed by atoms with Crippen molar-refractivity contribution in [2.24, 2.45) is 0 Å². The normalized spacial score (nSPS) is 17.2. The highest BCUT2D eigenvalue weighted by Crippen LogP contribution is 2.36. The van der Waals surface area contributed by atoms with E-state index in [4.69, 9.17) is 5.11 Å². The molecule has 3 N–H and O–H groups in total. The van der Waals surface area contributed by atoms with Crippen molar-refractivity contribution >= 4 is 11.9 Å². The number of aliphatic carboxylic acids is 1. The number of carbonyl (C=O) groups is 1. The smallest absolute Gasteiger partial charge is 0.453 e. The molecule has 120 valence electrons. The maximum absolute atomic E-state index is 12.8. The molecule has 0 amide bonds. The van der Waals surface area contributed by atoms with Gasteiger partial charge in [-0.2, -0.15) is 18.2 Å². The highest BCUT2D eigenvalue weighted by molar-refractivity contribution is 5.90. The molecule has 0 bridgehead atoms. The first kappa shape index (κ1) is 14.9. The van der Waals surface area contributed by atoms with Crippen LogP contribution in [-0.2, 0) is 11.0 Å². The van der Waals surface area contributed by atoms with Crippen LogP contribution in [0.4, 0.5) is 19.1 Å². The first-order valence-electron chi connectivity index (χ1n) is 6.31.